The molecule has 0 bridgehead atoms. The van der Waals surface area contributed by atoms with Crippen molar-refractivity contribution >= 4 is 17.6 Å². The van der Waals surface area contributed by atoms with E-state index in [9.17, 15) is 9.59 Å². The predicted octanol–water partition coefficient (Wildman–Crippen LogP) is 0.644. The van der Waals surface area contributed by atoms with Gasteiger partial charge in [-0.15, -0.1) is 0 Å². The fourth-order valence-electron chi connectivity index (χ4n) is 3.28. The highest BCUT2D eigenvalue weighted by molar-refractivity contribution is 5.94. The van der Waals surface area contributed by atoms with Crippen molar-refractivity contribution in [3.05, 3.63) is 23.9 Å². The van der Waals surface area contributed by atoms with Gasteiger partial charge in [-0.05, 0) is 31.9 Å². The quantitative estimate of drug-likeness (QED) is 0.878. The van der Waals surface area contributed by atoms with Gasteiger partial charge < -0.3 is 20.3 Å². The number of nitrogens with two attached hydrogens (primary N) is 1. The number of aromatic nitrogens is 1. The van der Waals surface area contributed by atoms with Gasteiger partial charge in [0.25, 0.3) is 5.91 Å². The summed E-state index contributed by atoms with van der Waals surface area (Å²) in [5.41, 5.74) is 5.96. The Morgan fingerprint density at radius 2 is 2.00 bits per heavy atom. The van der Waals surface area contributed by atoms with Gasteiger partial charge in [0.2, 0.25) is 5.91 Å². The molecule has 2 fully saturated rings. The summed E-state index contributed by atoms with van der Waals surface area (Å²) in [5.74, 6) is 0.178. The third-order valence-corrected chi connectivity index (χ3v) is 4.88. The third-order valence-electron chi connectivity index (χ3n) is 4.88. The van der Waals surface area contributed by atoms with Crippen LogP contribution in [0.25, 0.3) is 0 Å². The Hall–Kier alpha value is -2.15. The second-order valence-corrected chi connectivity index (χ2v) is 6.49. The number of carbonyl (C=O) groups excluding carboxylic acids is 2. The fraction of sp³-hybridized carbons (Fsp3) is 0.588. The van der Waals surface area contributed by atoms with Crippen molar-refractivity contribution in [1.29, 1.82) is 0 Å². The molecule has 0 saturated carbocycles. The lowest BCUT2D eigenvalue weighted by atomic mass is 9.92. The highest BCUT2D eigenvalue weighted by Gasteiger charge is 2.32. The van der Waals surface area contributed by atoms with Crippen LogP contribution in [0.15, 0.2) is 18.3 Å². The van der Waals surface area contributed by atoms with E-state index in [4.69, 9.17) is 10.5 Å². The minimum absolute atomic E-state index is 0.0884. The van der Waals surface area contributed by atoms with E-state index in [2.05, 4.69) is 9.88 Å². The molecule has 2 atom stereocenters. The van der Waals surface area contributed by atoms with E-state index in [1.54, 1.807) is 17.2 Å². The van der Waals surface area contributed by atoms with Gasteiger partial charge in [-0.1, -0.05) is 0 Å². The van der Waals surface area contributed by atoms with Crippen molar-refractivity contribution in [3.63, 3.8) is 0 Å². The zero-order valence-electron chi connectivity index (χ0n) is 14.0. The number of hydrogen-bond acceptors (Lipinski definition) is 5. The van der Waals surface area contributed by atoms with Crippen molar-refractivity contribution < 1.29 is 14.3 Å². The third kappa shape index (κ3) is 3.51. The van der Waals surface area contributed by atoms with Crippen LogP contribution < -0.4 is 10.6 Å². The molecular formula is C17H24N4O3. The average Bonchev–Trinajstić information content (AvgIpc) is 2.62. The Kier molecular flexibility index (Phi) is 4.99. The Morgan fingerprint density at radius 3 is 2.62 bits per heavy atom. The van der Waals surface area contributed by atoms with Crippen LogP contribution in [0.2, 0.25) is 0 Å². The number of amides is 2. The highest BCUT2D eigenvalue weighted by Crippen LogP contribution is 2.24. The number of carbonyl (C=O) groups is 2. The molecule has 3 rings (SSSR count). The summed E-state index contributed by atoms with van der Waals surface area (Å²) in [6, 6.07) is 3.78. The number of rotatable bonds is 3. The molecule has 2 aliphatic rings. The molecule has 1 aromatic heterocycles. The van der Waals surface area contributed by atoms with Crippen LogP contribution in [0.4, 0.5) is 5.82 Å². The van der Waals surface area contributed by atoms with Crippen molar-refractivity contribution in [2.75, 3.05) is 37.7 Å². The van der Waals surface area contributed by atoms with Gasteiger partial charge in [-0.2, -0.15) is 0 Å². The molecule has 7 heteroatoms. The minimum atomic E-state index is -0.333. The molecule has 2 amide bonds. The molecule has 0 aliphatic carbocycles. The zero-order valence-corrected chi connectivity index (χ0v) is 14.0. The summed E-state index contributed by atoms with van der Waals surface area (Å²) in [4.78, 5) is 32.5. The van der Waals surface area contributed by atoms with Gasteiger partial charge in [0.05, 0.1) is 24.7 Å². The summed E-state index contributed by atoms with van der Waals surface area (Å²) in [6.45, 7) is 5.41. The van der Waals surface area contributed by atoms with E-state index in [1.807, 2.05) is 13.0 Å². The topological polar surface area (TPSA) is 88.8 Å². The number of nitrogens with zero attached hydrogens (tertiary/aromatic N) is 3. The van der Waals surface area contributed by atoms with Gasteiger partial charge in [0.15, 0.2) is 0 Å². The van der Waals surface area contributed by atoms with E-state index >= 15 is 0 Å². The molecule has 2 aliphatic heterocycles. The number of morpholine rings is 1. The maximum atomic E-state index is 12.8. The number of primary amides is 1. The lowest BCUT2D eigenvalue weighted by Crippen LogP contribution is -2.48. The van der Waals surface area contributed by atoms with Gasteiger partial charge in [-0.25, -0.2) is 4.98 Å². The van der Waals surface area contributed by atoms with Crippen LogP contribution in [0.3, 0.4) is 0 Å². The van der Waals surface area contributed by atoms with Gasteiger partial charge >= 0.3 is 0 Å². The Labute approximate surface area is 141 Å². The van der Waals surface area contributed by atoms with Crippen molar-refractivity contribution in [2.45, 2.75) is 25.8 Å². The SMILES string of the molecule is C[C@@H]1CC[C@H](C(N)=O)CN1C(=O)c1ccc(N2CCOCC2)nc1. The van der Waals surface area contributed by atoms with Crippen molar-refractivity contribution in [3.8, 4) is 0 Å². The number of hydrogen-bond donors (Lipinski definition) is 1. The molecule has 24 heavy (non-hydrogen) atoms. The Morgan fingerprint density at radius 1 is 1.25 bits per heavy atom. The molecule has 2 saturated heterocycles. The predicted molar refractivity (Wildman–Crippen MR) is 89.7 cm³/mol. The van der Waals surface area contributed by atoms with Crippen molar-refractivity contribution in [1.82, 2.24) is 9.88 Å². The zero-order chi connectivity index (χ0) is 17.1. The minimum Gasteiger partial charge on any atom is -0.378 e. The highest BCUT2D eigenvalue weighted by atomic mass is 16.5. The van der Waals surface area contributed by atoms with Crippen LogP contribution in [0, 0.1) is 5.92 Å². The normalized spacial score (nSPS) is 24.7. The number of piperidine rings is 1. The molecule has 0 unspecified atom stereocenters. The molecule has 3 heterocycles. The molecule has 0 spiro atoms. The molecule has 7 nitrogen and oxygen atoms in total. The Balaban J connectivity index is 1.70. The average molecular weight is 332 g/mol. The number of ether oxygens (including phenoxy) is 1. The summed E-state index contributed by atoms with van der Waals surface area (Å²) < 4.78 is 5.34. The van der Waals surface area contributed by atoms with E-state index in [-0.39, 0.29) is 23.8 Å². The summed E-state index contributed by atoms with van der Waals surface area (Å²) in [7, 11) is 0. The van der Waals surface area contributed by atoms with Crippen LogP contribution in [-0.2, 0) is 9.53 Å². The molecular weight excluding hydrogens is 308 g/mol. The monoisotopic (exact) mass is 332 g/mol. The number of anilines is 1. The fourth-order valence-corrected chi connectivity index (χ4v) is 3.28. The Bertz CT molecular complexity index is 598. The maximum absolute atomic E-state index is 12.8. The second-order valence-electron chi connectivity index (χ2n) is 6.49. The molecule has 130 valence electrons. The lowest BCUT2D eigenvalue weighted by molar-refractivity contribution is -0.123. The summed E-state index contributed by atoms with van der Waals surface area (Å²) in [6.07, 6.45) is 3.15. The summed E-state index contributed by atoms with van der Waals surface area (Å²) in [5, 5.41) is 0. The van der Waals surface area contributed by atoms with Gasteiger partial charge in [0, 0.05) is 31.9 Å². The van der Waals surface area contributed by atoms with Crippen LogP contribution >= 0.6 is 0 Å². The molecule has 1 aromatic rings. The largest absolute Gasteiger partial charge is 0.378 e. The number of likely N-dealkylation sites (tertiary alicyclic amines) is 1. The first-order valence-corrected chi connectivity index (χ1v) is 8.45. The first-order valence-electron chi connectivity index (χ1n) is 8.45. The van der Waals surface area contributed by atoms with Crippen LogP contribution in [-0.4, -0.2) is 60.6 Å². The van der Waals surface area contributed by atoms with Gasteiger partial charge in [0.1, 0.15) is 5.82 Å². The second kappa shape index (κ2) is 7.17. The maximum Gasteiger partial charge on any atom is 0.255 e. The first-order chi connectivity index (χ1) is 11.6. The van der Waals surface area contributed by atoms with E-state index in [0.29, 0.717) is 25.3 Å². The van der Waals surface area contributed by atoms with E-state index in [1.165, 1.54) is 0 Å². The smallest absolute Gasteiger partial charge is 0.255 e. The molecule has 2 N–H and O–H groups in total. The van der Waals surface area contributed by atoms with Crippen LogP contribution in [0.1, 0.15) is 30.1 Å². The molecule has 0 aromatic carbocycles. The van der Waals surface area contributed by atoms with Crippen LogP contribution in [0.5, 0.6) is 0 Å². The lowest BCUT2D eigenvalue weighted by Gasteiger charge is -2.37. The number of pyridine rings is 1. The summed E-state index contributed by atoms with van der Waals surface area (Å²) >= 11 is 0. The molecule has 0 radical (unpaired) electrons. The van der Waals surface area contributed by atoms with Gasteiger partial charge in [-0.3, -0.25) is 9.59 Å². The standard InChI is InChI=1S/C17H24N4O3/c1-12-2-3-14(16(18)22)11-21(12)17(23)13-4-5-15(19-10-13)20-6-8-24-9-7-20/h4-5,10,12,14H,2-3,6-9,11H2,1H3,(H2,18,22)/t12-,14+/m1/s1. The van der Waals surface area contributed by atoms with Crippen molar-refractivity contribution in [2.24, 2.45) is 11.7 Å². The van der Waals surface area contributed by atoms with E-state index < -0.39 is 0 Å². The van der Waals surface area contributed by atoms with E-state index in [0.717, 1.165) is 31.7 Å². The first kappa shape index (κ1) is 16.7.